The summed E-state index contributed by atoms with van der Waals surface area (Å²) in [5, 5.41) is 16.2. The van der Waals surface area contributed by atoms with Gasteiger partial charge in [-0.05, 0) is 29.7 Å². The van der Waals surface area contributed by atoms with Crippen molar-refractivity contribution in [3.8, 4) is 5.75 Å². The van der Waals surface area contributed by atoms with Gasteiger partial charge in [-0.3, -0.25) is 9.89 Å². The van der Waals surface area contributed by atoms with Crippen molar-refractivity contribution in [1.29, 1.82) is 0 Å². The second-order valence-corrected chi connectivity index (χ2v) is 4.89. The third kappa shape index (κ3) is 2.24. The van der Waals surface area contributed by atoms with Crippen LogP contribution in [-0.2, 0) is 19.4 Å². The summed E-state index contributed by atoms with van der Waals surface area (Å²) in [5.41, 5.74) is 2.16. The summed E-state index contributed by atoms with van der Waals surface area (Å²) in [6, 6.07) is 5.30. The van der Waals surface area contributed by atoms with E-state index in [2.05, 4.69) is 15.2 Å². The third-order valence-corrected chi connectivity index (χ3v) is 3.55. The molecule has 2 heterocycles. The van der Waals surface area contributed by atoms with Crippen LogP contribution in [0.1, 0.15) is 34.5 Å². The molecule has 1 aliphatic rings. The molecule has 6 heteroatoms. The number of carbonyl (C=O) groups is 1. The molecule has 2 aromatic rings. The maximum absolute atomic E-state index is 12.3. The summed E-state index contributed by atoms with van der Waals surface area (Å²) in [5.74, 6) is 0.980. The number of H-pyrrole nitrogens is 1. The maximum atomic E-state index is 12.3. The fraction of sp³-hybridized carbons (Fsp3) is 0.357. The van der Waals surface area contributed by atoms with Crippen LogP contribution in [0, 0.1) is 0 Å². The summed E-state index contributed by atoms with van der Waals surface area (Å²) in [6.45, 7) is 3.08. The fourth-order valence-corrected chi connectivity index (χ4v) is 2.41. The van der Waals surface area contributed by atoms with Crippen LogP contribution in [0.3, 0.4) is 0 Å². The monoisotopic (exact) mass is 272 g/mol. The van der Waals surface area contributed by atoms with Gasteiger partial charge in [-0.2, -0.15) is 0 Å². The first-order valence-corrected chi connectivity index (χ1v) is 6.68. The molecule has 0 spiro atoms. The Morgan fingerprint density at radius 3 is 3.05 bits per heavy atom. The van der Waals surface area contributed by atoms with Gasteiger partial charge in [0.2, 0.25) is 5.82 Å². The van der Waals surface area contributed by atoms with Gasteiger partial charge >= 0.3 is 0 Å². The Balaban J connectivity index is 1.80. The number of hydrogen-bond donors (Lipinski definition) is 2. The molecule has 0 saturated heterocycles. The number of carbonyl (C=O) groups excluding carboxylic acids is 1. The van der Waals surface area contributed by atoms with Gasteiger partial charge in [-0.15, -0.1) is 5.10 Å². The highest BCUT2D eigenvalue weighted by molar-refractivity contribution is 5.90. The van der Waals surface area contributed by atoms with E-state index in [-0.39, 0.29) is 17.5 Å². The lowest BCUT2D eigenvalue weighted by molar-refractivity contribution is 0.0722. The summed E-state index contributed by atoms with van der Waals surface area (Å²) >= 11 is 0. The van der Waals surface area contributed by atoms with Crippen molar-refractivity contribution in [2.24, 2.45) is 0 Å². The zero-order valence-corrected chi connectivity index (χ0v) is 11.3. The van der Waals surface area contributed by atoms with Crippen molar-refractivity contribution < 1.29 is 9.90 Å². The third-order valence-electron chi connectivity index (χ3n) is 3.55. The predicted octanol–water partition coefficient (Wildman–Crippen LogP) is 1.27. The Morgan fingerprint density at radius 2 is 2.30 bits per heavy atom. The van der Waals surface area contributed by atoms with E-state index in [1.54, 1.807) is 17.0 Å². The van der Waals surface area contributed by atoms with Gasteiger partial charge < -0.3 is 10.0 Å². The fourth-order valence-electron chi connectivity index (χ4n) is 2.41. The minimum Gasteiger partial charge on any atom is -0.508 e. The number of nitrogens with zero attached hydrogens (tertiary/aromatic N) is 3. The van der Waals surface area contributed by atoms with Gasteiger partial charge in [0, 0.05) is 19.5 Å². The zero-order chi connectivity index (χ0) is 14.1. The minimum absolute atomic E-state index is 0.171. The van der Waals surface area contributed by atoms with E-state index in [1.807, 2.05) is 13.0 Å². The van der Waals surface area contributed by atoms with Crippen LogP contribution in [0.15, 0.2) is 18.2 Å². The number of aromatic nitrogens is 3. The molecule has 0 atom stereocenters. The topological polar surface area (TPSA) is 82.1 Å². The lowest BCUT2D eigenvalue weighted by Crippen LogP contribution is -2.36. The van der Waals surface area contributed by atoms with E-state index in [9.17, 15) is 9.90 Å². The molecule has 1 amide bonds. The molecule has 3 rings (SSSR count). The quantitative estimate of drug-likeness (QED) is 0.862. The lowest BCUT2D eigenvalue weighted by Gasteiger charge is -2.28. The normalized spacial score (nSPS) is 14.2. The van der Waals surface area contributed by atoms with Crippen LogP contribution >= 0.6 is 0 Å². The first-order chi connectivity index (χ1) is 9.67. The van der Waals surface area contributed by atoms with Crippen LogP contribution in [-0.4, -0.2) is 37.6 Å². The highest BCUT2D eigenvalue weighted by Gasteiger charge is 2.24. The molecule has 0 bridgehead atoms. The number of aromatic amines is 1. The molecule has 20 heavy (non-hydrogen) atoms. The molecule has 0 fully saturated rings. The highest BCUT2D eigenvalue weighted by Crippen LogP contribution is 2.23. The van der Waals surface area contributed by atoms with Gasteiger partial charge in [-0.25, -0.2) is 4.98 Å². The van der Waals surface area contributed by atoms with E-state index < -0.39 is 0 Å². The average molecular weight is 272 g/mol. The van der Waals surface area contributed by atoms with Crippen LogP contribution in [0.25, 0.3) is 0 Å². The van der Waals surface area contributed by atoms with E-state index in [4.69, 9.17) is 0 Å². The Morgan fingerprint density at radius 1 is 1.45 bits per heavy atom. The van der Waals surface area contributed by atoms with E-state index >= 15 is 0 Å². The largest absolute Gasteiger partial charge is 0.508 e. The smallest absolute Gasteiger partial charge is 0.293 e. The molecule has 1 aromatic carbocycles. The van der Waals surface area contributed by atoms with Crippen molar-refractivity contribution in [2.45, 2.75) is 26.3 Å². The SMILES string of the molecule is CCc1nc(C(=O)N2CCc3ccc(O)cc3C2)n[nH]1. The number of rotatable bonds is 2. The summed E-state index contributed by atoms with van der Waals surface area (Å²) in [6.07, 6.45) is 1.50. The summed E-state index contributed by atoms with van der Waals surface area (Å²) in [7, 11) is 0. The second-order valence-electron chi connectivity index (χ2n) is 4.89. The molecule has 6 nitrogen and oxygen atoms in total. The van der Waals surface area contributed by atoms with E-state index in [0.717, 1.165) is 18.4 Å². The van der Waals surface area contributed by atoms with Crippen molar-refractivity contribution in [1.82, 2.24) is 20.1 Å². The van der Waals surface area contributed by atoms with Gasteiger partial charge in [0.05, 0.1) is 0 Å². The first-order valence-electron chi connectivity index (χ1n) is 6.68. The van der Waals surface area contributed by atoms with Crippen LogP contribution in [0.5, 0.6) is 5.75 Å². The number of phenolic OH excluding ortho intramolecular Hbond substituents is 1. The lowest BCUT2D eigenvalue weighted by atomic mass is 9.99. The van der Waals surface area contributed by atoms with Gasteiger partial charge in [0.1, 0.15) is 11.6 Å². The number of aromatic hydroxyl groups is 1. The molecule has 0 unspecified atom stereocenters. The van der Waals surface area contributed by atoms with Crippen molar-refractivity contribution in [3.63, 3.8) is 0 Å². The Hall–Kier alpha value is -2.37. The Kier molecular flexibility index (Phi) is 3.14. The number of hydrogen-bond acceptors (Lipinski definition) is 4. The maximum Gasteiger partial charge on any atom is 0.293 e. The average Bonchev–Trinajstić information content (AvgIpc) is 2.94. The number of aryl methyl sites for hydroxylation is 1. The highest BCUT2D eigenvalue weighted by atomic mass is 16.3. The zero-order valence-electron chi connectivity index (χ0n) is 11.3. The molecule has 0 radical (unpaired) electrons. The number of phenols is 1. The molecule has 1 aromatic heterocycles. The van der Waals surface area contributed by atoms with Gasteiger partial charge in [0.25, 0.3) is 5.91 Å². The molecule has 0 aliphatic carbocycles. The number of amides is 1. The van der Waals surface area contributed by atoms with E-state index in [1.165, 1.54) is 5.56 Å². The minimum atomic E-state index is -0.171. The molecule has 2 N–H and O–H groups in total. The number of benzene rings is 1. The van der Waals surface area contributed by atoms with Gasteiger partial charge in [0.15, 0.2) is 0 Å². The Labute approximate surface area is 116 Å². The summed E-state index contributed by atoms with van der Waals surface area (Å²) < 4.78 is 0. The predicted molar refractivity (Wildman–Crippen MR) is 72.3 cm³/mol. The molecule has 1 aliphatic heterocycles. The molecule has 0 saturated carbocycles. The van der Waals surface area contributed by atoms with Gasteiger partial charge in [-0.1, -0.05) is 13.0 Å². The second kappa shape index (κ2) is 4.96. The van der Waals surface area contributed by atoms with Crippen LogP contribution in [0.2, 0.25) is 0 Å². The van der Waals surface area contributed by atoms with Crippen molar-refractivity contribution >= 4 is 5.91 Å². The summed E-state index contributed by atoms with van der Waals surface area (Å²) in [4.78, 5) is 18.2. The molecular weight excluding hydrogens is 256 g/mol. The molecular formula is C14H16N4O2. The Bertz CT molecular complexity index is 650. The van der Waals surface area contributed by atoms with Crippen LogP contribution < -0.4 is 0 Å². The van der Waals surface area contributed by atoms with Crippen molar-refractivity contribution in [2.75, 3.05) is 6.54 Å². The standard InChI is InChI=1S/C14H16N4O2/c1-2-12-15-13(17-16-12)14(20)18-6-5-9-3-4-11(19)7-10(9)8-18/h3-4,7,19H,2,5-6,8H2,1H3,(H,15,16,17). The van der Waals surface area contributed by atoms with E-state index in [0.29, 0.717) is 18.9 Å². The van der Waals surface area contributed by atoms with Crippen molar-refractivity contribution in [3.05, 3.63) is 41.0 Å². The first kappa shape index (κ1) is 12.7. The number of nitrogens with one attached hydrogen (secondary N) is 1. The van der Waals surface area contributed by atoms with Crippen LogP contribution in [0.4, 0.5) is 0 Å². The molecule has 104 valence electrons. The number of fused-ring (bicyclic) bond motifs is 1.